The van der Waals surface area contributed by atoms with Crippen LogP contribution in [0.4, 0.5) is 0 Å². The molecule has 0 amide bonds. The SMILES string of the molecule is Cc1ccc(-c2ccc(C(=O)O)cc2C)cc1. The zero-order valence-electron chi connectivity index (χ0n) is 9.90. The molecule has 0 aliphatic carbocycles. The van der Waals surface area contributed by atoms with Gasteiger partial charge in [-0.1, -0.05) is 35.9 Å². The smallest absolute Gasteiger partial charge is 0.335 e. The summed E-state index contributed by atoms with van der Waals surface area (Å²) in [4.78, 5) is 10.8. The summed E-state index contributed by atoms with van der Waals surface area (Å²) in [5.41, 5.74) is 4.72. The first kappa shape index (κ1) is 11.4. The molecule has 0 bridgehead atoms. The van der Waals surface area contributed by atoms with Crippen molar-refractivity contribution in [2.75, 3.05) is 0 Å². The summed E-state index contributed by atoms with van der Waals surface area (Å²) >= 11 is 0. The van der Waals surface area contributed by atoms with Gasteiger partial charge in [0.15, 0.2) is 0 Å². The maximum Gasteiger partial charge on any atom is 0.335 e. The van der Waals surface area contributed by atoms with E-state index in [1.165, 1.54) is 5.56 Å². The average Bonchev–Trinajstić information content (AvgIpc) is 2.30. The minimum absolute atomic E-state index is 0.332. The quantitative estimate of drug-likeness (QED) is 0.848. The van der Waals surface area contributed by atoms with Gasteiger partial charge in [0.2, 0.25) is 0 Å². The largest absolute Gasteiger partial charge is 0.478 e. The van der Waals surface area contributed by atoms with Gasteiger partial charge in [0.25, 0.3) is 0 Å². The third-order valence-electron chi connectivity index (χ3n) is 2.84. The number of hydrogen-bond acceptors (Lipinski definition) is 1. The molecule has 2 aromatic carbocycles. The number of aromatic carboxylic acids is 1. The lowest BCUT2D eigenvalue weighted by molar-refractivity contribution is 0.0697. The van der Waals surface area contributed by atoms with Crippen LogP contribution in [0.25, 0.3) is 11.1 Å². The number of carboxylic acids is 1. The molecule has 0 heterocycles. The van der Waals surface area contributed by atoms with E-state index < -0.39 is 5.97 Å². The standard InChI is InChI=1S/C15H14O2/c1-10-3-5-12(6-4-10)14-8-7-13(15(16)17)9-11(14)2/h3-9H,1-2H3,(H,16,17). The van der Waals surface area contributed by atoms with Gasteiger partial charge in [-0.15, -0.1) is 0 Å². The van der Waals surface area contributed by atoms with E-state index in [2.05, 4.69) is 24.3 Å². The first-order chi connectivity index (χ1) is 8.08. The summed E-state index contributed by atoms with van der Waals surface area (Å²) in [6.07, 6.45) is 0. The Bertz CT molecular complexity index is 554. The molecule has 1 N–H and O–H groups in total. The lowest BCUT2D eigenvalue weighted by atomic mass is 9.98. The van der Waals surface area contributed by atoms with Crippen LogP contribution in [0.1, 0.15) is 21.5 Å². The summed E-state index contributed by atoms with van der Waals surface area (Å²) < 4.78 is 0. The molecule has 0 atom stereocenters. The van der Waals surface area contributed by atoms with Gasteiger partial charge >= 0.3 is 5.97 Å². The van der Waals surface area contributed by atoms with Crippen molar-refractivity contribution in [1.82, 2.24) is 0 Å². The van der Waals surface area contributed by atoms with Gasteiger partial charge in [-0.05, 0) is 42.7 Å². The fourth-order valence-corrected chi connectivity index (χ4v) is 1.85. The molecule has 0 spiro atoms. The Morgan fingerprint density at radius 3 is 2.18 bits per heavy atom. The molecule has 17 heavy (non-hydrogen) atoms. The monoisotopic (exact) mass is 226 g/mol. The molecule has 86 valence electrons. The van der Waals surface area contributed by atoms with Gasteiger partial charge in [-0.25, -0.2) is 4.79 Å². The summed E-state index contributed by atoms with van der Waals surface area (Å²) in [6, 6.07) is 13.4. The number of hydrogen-bond donors (Lipinski definition) is 1. The van der Waals surface area contributed by atoms with Gasteiger partial charge in [-0.2, -0.15) is 0 Å². The summed E-state index contributed by atoms with van der Waals surface area (Å²) in [5.74, 6) is -0.886. The zero-order valence-corrected chi connectivity index (χ0v) is 9.90. The molecule has 0 saturated heterocycles. The number of carbonyl (C=O) groups is 1. The third-order valence-corrected chi connectivity index (χ3v) is 2.84. The summed E-state index contributed by atoms with van der Waals surface area (Å²) in [6.45, 7) is 3.98. The van der Waals surface area contributed by atoms with Crippen LogP contribution in [-0.2, 0) is 0 Å². The molecule has 0 aliphatic rings. The lowest BCUT2D eigenvalue weighted by Crippen LogP contribution is -1.97. The van der Waals surface area contributed by atoms with Crippen molar-refractivity contribution in [1.29, 1.82) is 0 Å². The Morgan fingerprint density at radius 2 is 1.65 bits per heavy atom. The van der Waals surface area contributed by atoms with E-state index in [4.69, 9.17) is 5.11 Å². The minimum Gasteiger partial charge on any atom is -0.478 e. The van der Waals surface area contributed by atoms with Crippen molar-refractivity contribution in [3.8, 4) is 11.1 Å². The van der Waals surface area contributed by atoms with Gasteiger partial charge in [0, 0.05) is 0 Å². The van der Waals surface area contributed by atoms with Crippen molar-refractivity contribution in [3.05, 3.63) is 59.2 Å². The van der Waals surface area contributed by atoms with Crippen molar-refractivity contribution in [2.45, 2.75) is 13.8 Å². The predicted octanol–water partition coefficient (Wildman–Crippen LogP) is 3.67. The van der Waals surface area contributed by atoms with E-state index in [-0.39, 0.29) is 0 Å². The second-order valence-electron chi connectivity index (χ2n) is 4.20. The number of rotatable bonds is 2. The van der Waals surface area contributed by atoms with Gasteiger partial charge < -0.3 is 5.11 Å². The molecule has 0 radical (unpaired) electrons. The second kappa shape index (κ2) is 4.42. The highest BCUT2D eigenvalue weighted by atomic mass is 16.4. The predicted molar refractivity (Wildman–Crippen MR) is 68.3 cm³/mol. The Hall–Kier alpha value is -2.09. The maximum absolute atomic E-state index is 10.8. The third kappa shape index (κ3) is 2.36. The van der Waals surface area contributed by atoms with Crippen LogP contribution in [0.5, 0.6) is 0 Å². The Balaban J connectivity index is 2.46. The van der Waals surface area contributed by atoms with Crippen LogP contribution in [0.3, 0.4) is 0 Å². The van der Waals surface area contributed by atoms with E-state index in [1.54, 1.807) is 12.1 Å². The Morgan fingerprint density at radius 1 is 1.00 bits per heavy atom. The molecule has 0 aromatic heterocycles. The van der Waals surface area contributed by atoms with E-state index >= 15 is 0 Å². The minimum atomic E-state index is -0.886. The lowest BCUT2D eigenvalue weighted by Gasteiger charge is -2.07. The topological polar surface area (TPSA) is 37.3 Å². The molecule has 0 unspecified atom stereocenters. The molecule has 0 aliphatic heterocycles. The fraction of sp³-hybridized carbons (Fsp3) is 0.133. The first-order valence-electron chi connectivity index (χ1n) is 5.49. The van der Waals surface area contributed by atoms with Crippen LogP contribution in [0.15, 0.2) is 42.5 Å². The summed E-state index contributed by atoms with van der Waals surface area (Å²) in [7, 11) is 0. The zero-order chi connectivity index (χ0) is 12.4. The number of benzene rings is 2. The van der Waals surface area contributed by atoms with Crippen LogP contribution in [0.2, 0.25) is 0 Å². The van der Waals surface area contributed by atoms with Crippen LogP contribution < -0.4 is 0 Å². The summed E-state index contributed by atoms with van der Waals surface area (Å²) in [5, 5.41) is 8.91. The normalized spacial score (nSPS) is 10.2. The number of aryl methyl sites for hydroxylation is 2. The van der Waals surface area contributed by atoms with E-state index in [0.29, 0.717) is 5.56 Å². The van der Waals surface area contributed by atoms with Gasteiger partial charge in [0.05, 0.1) is 5.56 Å². The first-order valence-corrected chi connectivity index (χ1v) is 5.49. The molecule has 0 fully saturated rings. The van der Waals surface area contributed by atoms with Crippen molar-refractivity contribution < 1.29 is 9.90 Å². The number of carboxylic acid groups (broad SMARTS) is 1. The molecule has 2 heteroatoms. The van der Waals surface area contributed by atoms with E-state index in [9.17, 15) is 4.79 Å². The maximum atomic E-state index is 10.8. The highest BCUT2D eigenvalue weighted by Crippen LogP contribution is 2.24. The van der Waals surface area contributed by atoms with Crippen molar-refractivity contribution in [3.63, 3.8) is 0 Å². The van der Waals surface area contributed by atoms with Crippen LogP contribution in [-0.4, -0.2) is 11.1 Å². The van der Waals surface area contributed by atoms with Gasteiger partial charge in [0.1, 0.15) is 0 Å². The molecule has 2 rings (SSSR count). The molecular formula is C15H14O2. The van der Waals surface area contributed by atoms with Crippen molar-refractivity contribution >= 4 is 5.97 Å². The second-order valence-corrected chi connectivity index (χ2v) is 4.20. The Labute approximate surface area is 101 Å². The average molecular weight is 226 g/mol. The van der Waals surface area contributed by atoms with E-state index in [0.717, 1.165) is 16.7 Å². The fourth-order valence-electron chi connectivity index (χ4n) is 1.85. The highest BCUT2D eigenvalue weighted by Gasteiger charge is 2.06. The molecule has 0 saturated carbocycles. The molecule has 2 nitrogen and oxygen atoms in total. The van der Waals surface area contributed by atoms with Crippen LogP contribution in [0, 0.1) is 13.8 Å². The molecular weight excluding hydrogens is 212 g/mol. The van der Waals surface area contributed by atoms with Gasteiger partial charge in [-0.3, -0.25) is 0 Å². The van der Waals surface area contributed by atoms with Crippen molar-refractivity contribution in [2.24, 2.45) is 0 Å². The highest BCUT2D eigenvalue weighted by molar-refractivity contribution is 5.89. The molecule has 2 aromatic rings. The van der Waals surface area contributed by atoms with Crippen LogP contribution >= 0.6 is 0 Å². The Kier molecular flexibility index (Phi) is 2.96. The van der Waals surface area contributed by atoms with E-state index in [1.807, 2.05) is 19.9 Å².